The normalized spacial score (nSPS) is 15.5. The summed E-state index contributed by atoms with van der Waals surface area (Å²) in [7, 11) is 0. The molecule has 1 atom stereocenters. The lowest BCUT2D eigenvalue weighted by Gasteiger charge is -2.25. The average Bonchev–Trinajstić information content (AvgIpc) is 3.37. The number of carbonyl (C=O) groups is 2. The summed E-state index contributed by atoms with van der Waals surface area (Å²) in [6.45, 7) is 0.526. The second-order valence-electron chi connectivity index (χ2n) is 5.65. The number of benzene rings is 1. The summed E-state index contributed by atoms with van der Waals surface area (Å²) in [5.74, 6) is 0.993. The molecule has 0 fully saturated rings. The zero-order valence-corrected chi connectivity index (χ0v) is 15.3. The Morgan fingerprint density at radius 1 is 1.04 bits per heavy atom. The Kier molecular flexibility index (Phi) is 4.73. The van der Waals surface area contributed by atoms with E-state index in [2.05, 4.69) is 5.32 Å². The zero-order chi connectivity index (χ0) is 17.9. The number of hydrogen-bond donors (Lipinski definition) is 1. The lowest BCUT2D eigenvalue weighted by molar-refractivity contribution is -0.130. The molecule has 0 bridgehead atoms. The summed E-state index contributed by atoms with van der Waals surface area (Å²) in [5.41, 5.74) is 0. The largest absolute Gasteiger partial charge is 0.485 e. The van der Waals surface area contributed by atoms with E-state index < -0.39 is 6.10 Å². The Morgan fingerprint density at radius 3 is 2.69 bits per heavy atom. The van der Waals surface area contributed by atoms with Crippen molar-refractivity contribution in [1.29, 1.82) is 0 Å². The van der Waals surface area contributed by atoms with Gasteiger partial charge in [-0.3, -0.25) is 9.59 Å². The molecule has 0 radical (unpaired) electrons. The van der Waals surface area contributed by atoms with Gasteiger partial charge in [-0.25, -0.2) is 0 Å². The molecule has 2 aromatic heterocycles. The number of para-hydroxylation sites is 2. The maximum absolute atomic E-state index is 12.3. The third-order valence-electron chi connectivity index (χ3n) is 3.87. The maximum Gasteiger partial charge on any atom is 0.264 e. The molecule has 7 heteroatoms. The van der Waals surface area contributed by atoms with Gasteiger partial charge in [0.05, 0.1) is 16.3 Å². The minimum atomic E-state index is -0.683. The number of ether oxygens (including phenoxy) is 2. The van der Waals surface area contributed by atoms with Crippen LogP contribution < -0.4 is 14.8 Å². The molecule has 1 aliphatic rings. The first-order valence-corrected chi connectivity index (χ1v) is 9.73. The van der Waals surface area contributed by atoms with Gasteiger partial charge in [-0.15, -0.1) is 22.7 Å². The Labute approximate surface area is 158 Å². The van der Waals surface area contributed by atoms with Crippen LogP contribution in [0.4, 0.5) is 0 Å². The van der Waals surface area contributed by atoms with Crippen LogP contribution >= 0.6 is 22.7 Å². The third kappa shape index (κ3) is 3.49. The summed E-state index contributed by atoms with van der Waals surface area (Å²) in [6, 6.07) is 14.6. The van der Waals surface area contributed by atoms with Crippen molar-refractivity contribution in [3.05, 3.63) is 68.5 Å². The van der Waals surface area contributed by atoms with Crippen LogP contribution in [0.3, 0.4) is 0 Å². The number of amides is 1. The van der Waals surface area contributed by atoms with Crippen molar-refractivity contribution < 1.29 is 19.1 Å². The van der Waals surface area contributed by atoms with Crippen molar-refractivity contribution in [2.75, 3.05) is 6.61 Å². The molecule has 132 valence electrons. The first-order chi connectivity index (χ1) is 12.7. The minimum Gasteiger partial charge on any atom is -0.485 e. The van der Waals surface area contributed by atoms with Crippen LogP contribution in [0.1, 0.15) is 19.4 Å². The fourth-order valence-electron chi connectivity index (χ4n) is 2.56. The van der Waals surface area contributed by atoms with Gasteiger partial charge in [0.1, 0.15) is 6.61 Å². The summed E-state index contributed by atoms with van der Waals surface area (Å²) in [5, 5.41) is 4.73. The van der Waals surface area contributed by atoms with E-state index in [1.165, 1.54) is 22.7 Å². The van der Waals surface area contributed by atoms with Crippen molar-refractivity contribution >= 4 is 34.4 Å². The van der Waals surface area contributed by atoms with Gasteiger partial charge in [0.25, 0.3) is 5.91 Å². The molecular formula is C19H15NO4S2. The number of rotatable bonds is 5. The van der Waals surface area contributed by atoms with Gasteiger partial charge in [0.2, 0.25) is 11.9 Å². The lowest BCUT2D eigenvalue weighted by atomic mass is 10.2. The van der Waals surface area contributed by atoms with Gasteiger partial charge in [-0.1, -0.05) is 18.2 Å². The molecule has 0 saturated carbocycles. The monoisotopic (exact) mass is 385 g/mol. The van der Waals surface area contributed by atoms with Crippen molar-refractivity contribution in [2.45, 2.75) is 12.6 Å². The van der Waals surface area contributed by atoms with Gasteiger partial charge in [-0.2, -0.15) is 0 Å². The van der Waals surface area contributed by atoms with Gasteiger partial charge in [0, 0.05) is 4.88 Å². The number of ketones is 1. The summed E-state index contributed by atoms with van der Waals surface area (Å²) in [6.07, 6.45) is -0.683. The number of hydrogen-bond acceptors (Lipinski definition) is 6. The molecule has 5 nitrogen and oxygen atoms in total. The quantitative estimate of drug-likeness (QED) is 0.683. The fourth-order valence-corrected chi connectivity index (χ4v) is 4.21. The Bertz CT molecular complexity index is 933. The predicted molar refractivity (Wildman–Crippen MR) is 100 cm³/mol. The summed E-state index contributed by atoms with van der Waals surface area (Å²) >= 11 is 2.81. The number of carbonyl (C=O) groups excluding carboxylic acids is 2. The molecule has 26 heavy (non-hydrogen) atoms. The molecule has 3 heterocycles. The Morgan fingerprint density at radius 2 is 1.88 bits per heavy atom. The van der Waals surface area contributed by atoms with E-state index >= 15 is 0 Å². The van der Waals surface area contributed by atoms with E-state index in [0.717, 1.165) is 4.88 Å². The standard InChI is InChI=1S/C19H15NO4S2/c21-18(16-6-3-9-25-16)17-8-7-12(26-17)10-20-19(22)15-11-23-13-4-1-2-5-14(13)24-15/h1-9,15H,10-11H2,(H,20,22)/t15-/m1/s1. The van der Waals surface area contributed by atoms with E-state index in [1.54, 1.807) is 18.2 Å². The summed E-state index contributed by atoms with van der Waals surface area (Å²) < 4.78 is 11.2. The topological polar surface area (TPSA) is 64.6 Å². The second-order valence-corrected chi connectivity index (χ2v) is 7.77. The van der Waals surface area contributed by atoms with Crippen LogP contribution in [-0.4, -0.2) is 24.4 Å². The zero-order valence-electron chi connectivity index (χ0n) is 13.6. The van der Waals surface area contributed by atoms with E-state index in [4.69, 9.17) is 9.47 Å². The van der Waals surface area contributed by atoms with Crippen LogP contribution in [0, 0.1) is 0 Å². The molecule has 1 aliphatic heterocycles. The highest BCUT2D eigenvalue weighted by Gasteiger charge is 2.27. The third-order valence-corrected chi connectivity index (χ3v) is 5.82. The lowest BCUT2D eigenvalue weighted by Crippen LogP contribution is -2.43. The van der Waals surface area contributed by atoms with Gasteiger partial charge < -0.3 is 14.8 Å². The average molecular weight is 385 g/mol. The van der Waals surface area contributed by atoms with E-state index in [-0.39, 0.29) is 18.3 Å². The second kappa shape index (κ2) is 7.31. The Balaban J connectivity index is 1.35. The van der Waals surface area contributed by atoms with Crippen molar-refractivity contribution in [1.82, 2.24) is 5.32 Å². The molecule has 0 spiro atoms. The Hall–Kier alpha value is -2.64. The van der Waals surface area contributed by atoms with Crippen molar-refractivity contribution in [2.24, 2.45) is 0 Å². The number of thiophene rings is 2. The molecule has 0 unspecified atom stereocenters. The molecule has 1 N–H and O–H groups in total. The van der Waals surface area contributed by atoms with E-state index in [0.29, 0.717) is 27.8 Å². The first kappa shape index (κ1) is 16.8. The predicted octanol–water partition coefficient (Wildman–Crippen LogP) is 3.50. The highest BCUT2D eigenvalue weighted by atomic mass is 32.1. The van der Waals surface area contributed by atoms with E-state index in [9.17, 15) is 9.59 Å². The molecule has 4 rings (SSSR count). The van der Waals surface area contributed by atoms with Crippen LogP contribution in [0.25, 0.3) is 0 Å². The van der Waals surface area contributed by atoms with Crippen molar-refractivity contribution in [3.8, 4) is 11.5 Å². The van der Waals surface area contributed by atoms with Crippen LogP contribution in [-0.2, 0) is 11.3 Å². The highest BCUT2D eigenvalue weighted by molar-refractivity contribution is 7.16. The SMILES string of the molecule is O=C(c1cccs1)c1ccc(CNC(=O)[C@H]2COc3ccccc3O2)s1. The maximum atomic E-state index is 12.3. The van der Waals surface area contributed by atoms with E-state index in [1.807, 2.05) is 35.7 Å². The fraction of sp³-hybridized carbons (Fsp3) is 0.158. The van der Waals surface area contributed by atoms with Crippen LogP contribution in [0.5, 0.6) is 11.5 Å². The summed E-state index contributed by atoms with van der Waals surface area (Å²) in [4.78, 5) is 27.0. The molecule has 3 aromatic rings. The molecule has 0 saturated heterocycles. The number of nitrogens with one attached hydrogen (secondary N) is 1. The highest BCUT2D eigenvalue weighted by Crippen LogP contribution is 2.31. The van der Waals surface area contributed by atoms with Gasteiger partial charge in [-0.05, 0) is 35.7 Å². The molecular weight excluding hydrogens is 370 g/mol. The smallest absolute Gasteiger partial charge is 0.264 e. The van der Waals surface area contributed by atoms with Crippen molar-refractivity contribution in [3.63, 3.8) is 0 Å². The molecule has 1 amide bonds. The number of fused-ring (bicyclic) bond motifs is 1. The molecule has 0 aliphatic carbocycles. The minimum absolute atomic E-state index is 0.0168. The van der Waals surface area contributed by atoms with Gasteiger partial charge in [0.15, 0.2) is 11.5 Å². The van der Waals surface area contributed by atoms with Crippen LogP contribution in [0.2, 0.25) is 0 Å². The van der Waals surface area contributed by atoms with Crippen LogP contribution in [0.15, 0.2) is 53.9 Å². The molecule has 1 aromatic carbocycles. The first-order valence-electron chi connectivity index (χ1n) is 8.04. The van der Waals surface area contributed by atoms with Gasteiger partial charge >= 0.3 is 0 Å².